The number of hydrogen-bond acceptors (Lipinski definition) is 4. The van der Waals surface area contributed by atoms with E-state index < -0.39 is 0 Å². The molecule has 0 radical (unpaired) electrons. The van der Waals surface area contributed by atoms with Crippen molar-refractivity contribution in [1.82, 2.24) is 9.97 Å². The van der Waals surface area contributed by atoms with Crippen molar-refractivity contribution in [2.45, 2.75) is 13.1 Å². The number of nitrogens with zero attached hydrogens (tertiary/aromatic N) is 1. The number of H-pyrrole nitrogens is 1. The third kappa shape index (κ3) is 3.31. The first-order valence-electron chi connectivity index (χ1n) is 8.21. The Morgan fingerprint density at radius 1 is 1.19 bits per heavy atom. The monoisotopic (exact) mass is 386 g/mol. The lowest BCUT2D eigenvalue weighted by atomic mass is 10.1. The summed E-state index contributed by atoms with van der Waals surface area (Å²) in [5, 5.41) is 3.16. The van der Waals surface area contributed by atoms with Crippen molar-refractivity contribution in [3.63, 3.8) is 0 Å². The summed E-state index contributed by atoms with van der Waals surface area (Å²) in [6.07, 6.45) is 1.66. The Labute approximate surface area is 158 Å². The zero-order chi connectivity index (χ0) is 18.1. The first-order valence-corrected chi connectivity index (χ1v) is 9.46. The van der Waals surface area contributed by atoms with Gasteiger partial charge in [-0.25, -0.2) is 4.98 Å². The highest BCUT2D eigenvalue weighted by molar-refractivity contribution is 7.17. The lowest BCUT2D eigenvalue weighted by molar-refractivity contribution is -0.909. The number of rotatable bonds is 5. The first-order chi connectivity index (χ1) is 12.6. The van der Waals surface area contributed by atoms with Gasteiger partial charge in [0.2, 0.25) is 0 Å². The second-order valence-corrected chi connectivity index (χ2v) is 7.48. The molecule has 0 bridgehead atoms. The number of aromatic amines is 1. The predicted molar refractivity (Wildman–Crippen MR) is 104 cm³/mol. The van der Waals surface area contributed by atoms with E-state index in [0.717, 1.165) is 28.3 Å². The molecule has 0 fully saturated rings. The van der Waals surface area contributed by atoms with Gasteiger partial charge < -0.3 is 14.3 Å². The largest absolute Gasteiger partial charge is 0.463 e. The van der Waals surface area contributed by atoms with Gasteiger partial charge in [0.05, 0.1) is 18.7 Å². The van der Waals surface area contributed by atoms with Gasteiger partial charge in [-0.2, -0.15) is 0 Å². The highest BCUT2D eigenvalue weighted by Gasteiger charge is 2.16. The van der Waals surface area contributed by atoms with Crippen LogP contribution in [0, 0.1) is 0 Å². The number of hydrogen-bond donors (Lipinski definition) is 2. The number of halogens is 1. The van der Waals surface area contributed by atoms with Gasteiger partial charge in [0, 0.05) is 21.5 Å². The van der Waals surface area contributed by atoms with E-state index >= 15 is 0 Å². The third-order valence-electron chi connectivity index (χ3n) is 4.18. The summed E-state index contributed by atoms with van der Waals surface area (Å²) in [4.78, 5) is 22.2. The number of benzene rings is 1. The number of furan rings is 1. The van der Waals surface area contributed by atoms with E-state index in [1.165, 1.54) is 16.2 Å². The van der Waals surface area contributed by atoms with E-state index in [1.807, 2.05) is 48.8 Å². The van der Waals surface area contributed by atoms with Crippen LogP contribution in [0.3, 0.4) is 0 Å². The van der Waals surface area contributed by atoms with E-state index in [0.29, 0.717) is 22.8 Å². The minimum absolute atomic E-state index is 0.132. The molecule has 0 amide bonds. The van der Waals surface area contributed by atoms with Crippen LogP contribution in [0.4, 0.5) is 0 Å². The fraction of sp³-hybridized carbons (Fsp3) is 0.158. The summed E-state index contributed by atoms with van der Waals surface area (Å²) in [6.45, 7) is 1.33. The molecule has 3 heterocycles. The molecule has 1 unspecified atom stereocenters. The average molecular weight is 387 g/mol. The van der Waals surface area contributed by atoms with Crippen LogP contribution in [0.25, 0.3) is 21.3 Å². The van der Waals surface area contributed by atoms with Gasteiger partial charge in [0.15, 0.2) is 11.6 Å². The fourth-order valence-electron chi connectivity index (χ4n) is 3.01. The highest BCUT2D eigenvalue weighted by Crippen LogP contribution is 2.34. The van der Waals surface area contributed by atoms with Crippen molar-refractivity contribution >= 4 is 33.2 Å². The molecule has 26 heavy (non-hydrogen) atoms. The second kappa shape index (κ2) is 7.07. The number of nitrogens with one attached hydrogen (secondary N) is 2. The van der Waals surface area contributed by atoms with Crippen molar-refractivity contribution in [1.29, 1.82) is 0 Å². The molecule has 4 rings (SSSR count). The maximum atomic E-state index is 12.7. The standard InChI is InChI=1S/C19H16ClN3O2S/c1-23(9-12-5-4-8-25-12)10-16-21-18(24)17-14(11-26-19(17)22-16)13-6-2-3-7-15(13)20/h2-8,11H,9-10H2,1H3,(H,21,22,24)/p+1. The quantitative estimate of drug-likeness (QED) is 0.554. The minimum atomic E-state index is -0.132. The molecule has 0 aliphatic carbocycles. The van der Waals surface area contributed by atoms with Crippen LogP contribution < -0.4 is 10.5 Å². The van der Waals surface area contributed by atoms with Crippen molar-refractivity contribution < 1.29 is 9.32 Å². The maximum Gasteiger partial charge on any atom is 0.260 e. The summed E-state index contributed by atoms with van der Waals surface area (Å²) in [5.41, 5.74) is 1.54. The minimum Gasteiger partial charge on any atom is -0.463 e. The Balaban J connectivity index is 1.66. The van der Waals surface area contributed by atoms with Crippen LogP contribution >= 0.6 is 22.9 Å². The first kappa shape index (κ1) is 17.0. The molecule has 2 N–H and O–H groups in total. The summed E-state index contributed by atoms with van der Waals surface area (Å²) in [6, 6.07) is 11.3. The molecular formula is C19H17ClN3O2S+. The Hall–Kier alpha value is -2.41. The Morgan fingerprint density at radius 3 is 2.81 bits per heavy atom. The lowest BCUT2D eigenvalue weighted by Gasteiger charge is -2.11. The maximum absolute atomic E-state index is 12.7. The predicted octanol–water partition coefficient (Wildman–Crippen LogP) is 3.11. The van der Waals surface area contributed by atoms with Crippen molar-refractivity contribution in [3.05, 3.63) is 75.0 Å². The summed E-state index contributed by atoms with van der Waals surface area (Å²) >= 11 is 7.76. The van der Waals surface area contributed by atoms with Crippen molar-refractivity contribution in [2.75, 3.05) is 7.05 Å². The second-order valence-electron chi connectivity index (χ2n) is 6.21. The normalized spacial score (nSPS) is 12.5. The van der Waals surface area contributed by atoms with Crippen molar-refractivity contribution in [3.8, 4) is 11.1 Å². The van der Waals surface area contributed by atoms with Crippen LogP contribution in [-0.4, -0.2) is 17.0 Å². The molecule has 5 nitrogen and oxygen atoms in total. The molecule has 7 heteroatoms. The lowest BCUT2D eigenvalue weighted by Crippen LogP contribution is -3.06. The van der Waals surface area contributed by atoms with Gasteiger partial charge in [-0.1, -0.05) is 29.8 Å². The van der Waals surface area contributed by atoms with Gasteiger partial charge in [0.1, 0.15) is 17.9 Å². The number of fused-ring (bicyclic) bond motifs is 1. The molecule has 4 aromatic rings. The Kier molecular flexibility index (Phi) is 4.63. The van der Waals surface area contributed by atoms with E-state index in [4.69, 9.17) is 16.0 Å². The number of thiophene rings is 1. The molecule has 1 atom stereocenters. The number of quaternary nitrogens is 1. The topological polar surface area (TPSA) is 63.3 Å². The summed E-state index contributed by atoms with van der Waals surface area (Å²) in [5.74, 6) is 1.57. The van der Waals surface area contributed by atoms with Gasteiger partial charge in [-0.05, 0) is 18.2 Å². The summed E-state index contributed by atoms with van der Waals surface area (Å²) in [7, 11) is 2.04. The van der Waals surface area contributed by atoms with Crippen LogP contribution in [0.5, 0.6) is 0 Å². The van der Waals surface area contributed by atoms with Crippen LogP contribution in [0.15, 0.2) is 57.3 Å². The molecule has 0 aliphatic heterocycles. The number of aromatic nitrogens is 2. The molecule has 0 spiro atoms. The third-order valence-corrected chi connectivity index (χ3v) is 5.38. The average Bonchev–Trinajstić information content (AvgIpc) is 3.25. The van der Waals surface area contributed by atoms with Gasteiger partial charge in [-0.15, -0.1) is 11.3 Å². The molecule has 3 aromatic heterocycles. The fourth-order valence-corrected chi connectivity index (χ4v) is 4.21. The SMILES string of the molecule is C[NH+](Cc1nc2scc(-c3ccccc3Cl)c2c(=O)[nH]1)Cc1ccco1. The Morgan fingerprint density at radius 2 is 2.04 bits per heavy atom. The Bertz CT molecular complexity index is 1100. The molecular weight excluding hydrogens is 370 g/mol. The van der Waals surface area contributed by atoms with E-state index in [1.54, 1.807) is 6.26 Å². The molecule has 0 aliphatic rings. The van der Waals surface area contributed by atoms with Crippen LogP contribution in [0.2, 0.25) is 5.02 Å². The van der Waals surface area contributed by atoms with E-state index in [9.17, 15) is 4.79 Å². The molecule has 132 valence electrons. The zero-order valence-electron chi connectivity index (χ0n) is 14.1. The summed E-state index contributed by atoms with van der Waals surface area (Å²) < 4.78 is 5.38. The smallest absolute Gasteiger partial charge is 0.260 e. The molecule has 1 aromatic carbocycles. The van der Waals surface area contributed by atoms with Gasteiger partial charge in [0.25, 0.3) is 5.56 Å². The molecule has 0 saturated carbocycles. The highest BCUT2D eigenvalue weighted by atomic mass is 35.5. The van der Waals surface area contributed by atoms with Crippen LogP contribution in [0.1, 0.15) is 11.6 Å². The van der Waals surface area contributed by atoms with Gasteiger partial charge in [-0.3, -0.25) is 4.79 Å². The van der Waals surface area contributed by atoms with Crippen molar-refractivity contribution in [2.24, 2.45) is 0 Å². The molecule has 0 saturated heterocycles. The zero-order valence-corrected chi connectivity index (χ0v) is 15.7. The van der Waals surface area contributed by atoms with Gasteiger partial charge >= 0.3 is 0 Å². The van der Waals surface area contributed by atoms with E-state index in [2.05, 4.69) is 9.97 Å². The van der Waals surface area contributed by atoms with E-state index in [-0.39, 0.29) is 5.56 Å². The van der Waals surface area contributed by atoms with Crippen LogP contribution in [-0.2, 0) is 13.1 Å².